The number of aromatic nitrogens is 3. The second-order valence-corrected chi connectivity index (χ2v) is 5.89. The van der Waals surface area contributed by atoms with Crippen molar-refractivity contribution >= 4 is 0 Å². The van der Waals surface area contributed by atoms with Gasteiger partial charge in [0, 0.05) is 38.2 Å². The molecule has 2 rings (SSSR count). The van der Waals surface area contributed by atoms with Gasteiger partial charge >= 0.3 is 0 Å². The van der Waals surface area contributed by atoms with Crippen LogP contribution in [0.5, 0.6) is 0 Å². The average Bonchev–Trinajstić information content (AvgIpc) is 2.89. The van der Waals surface area contributed by atoms with Crippen LogP contribution < -0.4 is 5.32 Å². The van der Waals surface area contributed by atoms with Crippen molar-refractivity contribution in [1.82, 2.24) is 20.3 Å². The molecular weight excluding hydrogens is 228 g/mol. The number of nitrogens with one attached hydrogen (secondary N) is 1. The summed E-state index contributed by atoms with van der Waals surface area (Å²) in [5, 5.41) is 11.8. The van der Waals surface area contributed by atoms with Gasteiger partial charge in [0.2, 0.25) is 0 Å². The van der Waals surface area contributed by atoms with Gasteiger partial charge in [-0.25, -0.2) is 0 Å². The first-order chi connectivity index (χ1) is 8.60. The van der Waals surface area contributed by atoms with Gasteiger partial charge in [-0.15, -0.1) is 5.10 Å². The van der Waals surface area contributed by atoms with Crippen molar-refractivity contribution in [3.05, 3.63) is 11.9 Å². The number of rotatable bonds is 6. The van der Waals surface area contributed by atoms with Crippen molar-refractivity contribution < 1.29 is 4.74 Å². The van der Waals surface area contributed by atoms with Crippen molar-refractivity contribution in [2.24, 2.45) is 18.4 Å². The number of hydrogen-bond donors (Lipinski definition) is 1. The standard InChI is InChI=1S/C13H24N4O/c1-11(2)7-14-9-13(4-5-18-10-13)6-12-8-17(3)16-15-12/h8,11,14H,4-7,9-10H2,1-3H3. The Bertz CT molecular complexity index is 369. The van der Waals surface area contributed by atoms with E-state index in [1.54, 1.807) is 4.68 Å². The van der Waals surface area contributed by atoms with E-state index in [1.165, 1.54) is 0 Å². The van der Waals surface area contributed by atoms with Crippen LogP contribution in [0.2, 0.25) is 0 Å². The van der Waals surface area contributed by atoms with E-state index in [9.17, 15) is 0 Å². The van der Waals surface area contributed by atoms with E-state index in [-0.39, 0.29) is 5.41 Å². The fourth-order valence-electron chi connectivity index (χ4n) is 2.48. The second kappa shape index (κ2) is 5.80. The van der Waals surface area contributed by atoms with Gasteiger partial charge in [-0.2, -0.15) is 0 Å². The Morgan fingerprint density at radius 2 is 2.39 bits per heavy atom. The van der Waals surface area contributed by atoms with Gasteiger partial charge in [0.15, 0.2) is 0 Å². The summed E-state index contributed by atoms with van der Waals surface area (Å²) in [4.78, 5) is 0. The molecule has 5 heteroatoms. The molecule has 1 aromatic heterocycles. The Morgan fingerprint density at radius 1 is 1.56 bits per heavy atom. The number of hydrogen-bond acceptors (Lipinski definition) is 4. The molecule has 2 heterocycles. The minimum Gasteiger partial charge on any atom is -0.381 e. The van der Waals surface area contributed by atoms with Crippen molar-refractivity contribution in [2.45, 2.75) is 26.7 Å². The maximum Gasteiger partial charge on any atom is 0.0833 e. The van der Waals surface area contributed by atoms with Crippen LogP contribution in [0.4, 0.5) is 0 Å². The highest BCUT2D eigenvalue weighted by Gasteiger charge is 2.35. The van der Waals surface area contributed by atoms with Crippen molar-refractivity contribution in [1.29, 1.82) is 0 Å². The Labute approximate surface area is 109 Å². The Balaban J connectivity index is 1.93. The highest BCUT2D eigenvalue weighted by molar-refractivity contribution is 5.01. The quantitative estimate of drug-likeness (QED) is 0.821. The molecule has 18 heavy (non-hydrogen) atoms. The first kappa shape index (κ1) is 13.5. The van der Waals surface area contributed by atoms with Crippen LogP contribution in [0, 0.1) is 11.3 Å². The van der Waals surface area contributed by atoms with Gasteiger partial charge in [0.1, 0.15) is 0 Å². The van der Waals surface area contributed by atoms with Gasteiger partial charge in [0.05, 0.1) is 12.3 Å². The lowest BCUT2D eigenvalue weighted by atomic mass is 9.82. The monoisotopic (exact) mass is 252 g/mol. The molecule has 1 aliphatic heterocycles. The molecule has 1 atom stereocenters. The summed E-state index contributed by atoms with van der Waals surface area (Å²) in [7, 11) is 1.91. The molecule has 0 bridgehead atoms. The molecule has 102 valence electrons. The summed E-state index contributed by atoms with van der Waals surface area (Å²) >= 11 is 0. The molecule has 0 aromatic carbocycles. The zero-order valence-electron chi connectivity index (χ0n) is 11.6. The summed E-state index contributed by atoms with van der Waals surface area (Å²) < 4.78 is 7.37. The molecule has 1 aromatic rings. The van der Waals surface area contributed by atoms with E-state index in [2.05, 4.69) is 29.5 Å². The van der Waals surface area contributed by atoms with Crippen LogP contribution in [0.15, 0.2) is 6.20 Å². The van der Waals surface area contributed by atoms with E-state index < -0.39 is 0 Å². The zero-order chi connectivity index (χ0) is 13.0. The lowest BCUT2D eigenvalue weighted by Gasteiger charge is -2.27. The third-order valence-corrected chi connectivity index (χ3v) is 3.44. The van der Waals surface area contributed by atoms with Gasteiger partial charge in [0.25, 0.3) is 0 Å². The molecule has 0 amide bonds. The fraction of sp³-hybridized carbons (Fsp3) is 0.846. The predicted octanol–water partition coefficient (Wildman–Crippen LogP) is 1.01. The van der Waals surface area contributed by atoms with Crippen LogP contribution in [-0.4, -0.2) is 41.3 Å². The van der Waals surface area contributed by atoms with Gasteiger partial charge in [-0.3, -0.25) is 4.68 Å². The zero-order valence-corrected chi connectivity index (χ0v) is 11.6. The summed E-state index contributed by atoms with van der Waals surface area (Å²) in [6.07, 6.45) is 4.06. The van der Waals surface area contributed by atoms with E-state index in [1.807, 2.05) is 13.2 Å². The average molecular weight is 252 g/mol. The summed E-state index contributed by atoms with van der Waals surface area (Å²) in [5.74, 6) is 0.681. The smallest absolute Gasteiger partial charge is 0.0833 e. The van der Waals surface area contributed by atoms with E-state index >= 15 is 0 Å². The molecule has 1 saturated heterocycles. The Morgan fingerprint density at radius 3 is 2.94 bits per heavy atom. The van der Waals surface area contributed by atoms with Crippen LogP contribution >= 0.6 is 0 Å². The molecule has 1 N–H and O–H groups in total. The van der Waals surface area contributed by atoms with E-state index in [0.717, 1.165) is 44.8 Å². The first-order valence-corrected chi connectivity index (χ1v) is 6.73. The van der Waals surface area contributed by atoms with Gasteiger partial charge < -0.3 is 10.1 Å². The summed E-state index contributed by atoms with van der Waals surface area (Å²) in [6.45, 7) is 8.21. The third-order valence-electron chi connectivity index (χ3n) is 3.44. The van der Waals surface area contributed by atoms with Gasteiger partial charge in [-0.05, 0) is 18.9 Å². The number of aryl methyl sites for hydroxylation is 1. The maximum atomic E-state index is 5.60. The van der Waals surface area contributed by atoms with Crippen molar-refractivity contribution in [3.8, 4) is 0 Å². The SMILES string of the molecule is CC(C)CNCC1(Cc2cn(C)nn2)CCOC1. The predicted molar refractivity (Wildman–Crippen MR) is 70.3 cm³/mol. The number of ether oxygens (including phenoxy) is 1. The van der Waals surface area contributed by atoms with Crippen molar-refractivity contribution in [2.75, 3.05) is 26.3 Å². The van der Waals surface area contributed by atoms with Gasteiger partial charge in [-0.1, -0.05) is 19.1 Å². The lowest BCUT2D eigenvalue weighted by molar-refractivity contribution is 0.148. The lowest BCUT2D eigenvalue weighted by Crippen LogP contribution is -2.38. The second-order valence-electron chi connectivity index (χ2n) is 5.89. The Kier molecular flexibility index (Phi) is 4.35. The maximum absolute atomic E-state index is 5.60. The van der Waals surface area contributed by atoms with E-state index in [4.69, 9.17) is 4.74 Å². The summed E-state index contributed by atoms with van der Waals surface area (Å²) in [6, 6.07) is 0. The molecule has 5 nitrogen and oxygen atoms in total. The third kappa shape index (κ3) is 3.53. The highest BCUT2D eigenvalue weighted by atomic mass is 16.5. The molecule has 0 radical (unpaired) electrons. The molecule has 0 aliphatic carbocycles. The molecule has 1 fully saturated rings. The number of nitrogens with zero attached hydrogens (tertiary/aromatic N) is 3. The van der Waals surface area contributed by atoms with Crippen molar-refractivity contribution in [3.63, 3.8) is 0 Å². The van der Waals surface area contributed by atoms with Crippen LogP contribution in [0.25, 0.3) is 0 Å². The fourth-order valence-corrected chi connectivity index (χ4v) is 2.48. The molecular formula is C13H24N4O. The topological polar surface area (TPSA) is 52.0 Å². The molecule has 1 aliphatic rings. The highest BCUT2D eigenvalue weighted by Crippen LogP contribution is 2.31. The molecule has 0 saturated carbocycles. The molecule has 1 unspecified atom stereocenters. The van der Waals surface area contributed by atoms with Crippen LogP contribution in [0.3, 0.4) is 0 Å². The molecule has 0 spiro atoms. The van der Waals surface area contributed by atoms with E-state index in [0.29, 0.717) is 5.92 Å². The normalized spacial score (nSPS) is 24.0. The first-order valence-electron chi connectivity index (χ1n) is 6.73. The Hall–Kier alpha value is -0.940. The minimum absolute atomic E-state index is 0.199. The summed E-state index contributed by atoms with van der Waals surface area (Å²) in [5.41, 5.74) is 1.26. The van der Waals surface area contributed by atoms with Crippen LogP contribution in [0.1, 0.15) is 26.0 Å². The minimum atomic E-state index is 0.199. The largest absolute Gasteiger partial charge is 0.381 e. The van der Waals surface area contributed by atoms with Crippen LogP contribution in [-0.2, 0) is 18.2 Å².